The van der Waals surface area contributed by atoms with Crippen molar-refractivity contribution in [2.24, 2.45) is 4.99 Å². The lowest BCUT2D eigenvalue weighted by atomic mass is 10.2. The molecule has 0 saturated carbocycles. The summed E-state index contributed by atoms with van der Waals surface area (Å²) in [6.07, 6.45) is 3.05. The van der Waals surface area contributed by atoms with Crippen LogP contribution >= 0.6 is 11.6 Å². The van der Waals surface area contributed by atoms with Crippen molar-refractivity contribution in [1.82, 2.24) is 15.2 Å². The Hall–Kier alpha value is -2.86. The fourth-order valence-electron chi connectivity index (χ4n) is 2.08. The number of hydrogen-bond acceptors (Lipinski definition) is 5. The fraction of sp³-hybridized carbons (Fsp3) is 0.118. The van der Waals surface area contributed by atoms with E-state index in [2.05, 4.69) is 20.2 Å². The normalized spacial score (nSPS) is 10.9. The molecule has 0 unspecified atom stereocenters. The molecule has 0 aliphatic heterocycles. The number of hydrogen-bond donors (Lipinski definition) is 1. The van der Waals surface area contributed by atoms with Crippen LogP contribution in [0.4, 0.5) is 5.95 Å². The topological polar surface area (TPSA) is 72.4 Å². The molecule has 7 heteroatoms. The van der Waals surface area contributed by atoms with Gasteiger partial charge in [0.2, 0.25) is 5.95 Å². The molecule has 0 bridgehead atoms. The molecule has 0 spiro atoms. The molecule has 0 atom stereocenters. The van der Waals surface area contributed by atoms with Crippen molar-refractivity contribution in [2.45, 2.75) is 6.61 Å². The standard InChI is InChI=1S/C17H15ClN4O2/c1-23-15-4-2-3-13(9-19-17-20-11-21-22-17)16(15)24-10-12-5-7-14(18)8-6-12/h2-9,11H,10H2,1H3,(H,20,21,22)/b19-9+. The highest BCUT2D eigenvalue weighted by atomic mass is 35.5. The summed E-state index contributed by atoms with van der Waals surface area (Å²) in [5, 5.41) is 7.12. The highest BCUT2D eigenvalue weighted by Crippen LogP contribution is 2.31. The zero-order chi connectivity index (χ0) is 16.8. The predicted molar refractivity (Wildman–Crippen MR) is 92.4 cm³/mol. The maximum absolute atomic E-state index is 5.95. The summed E-state index contributed by atoms with van der Waals surface area (Å²) in [6, 6.07) is 13.1. The summed E-state index contributed by atoms with van der Waals surface area (Å²) in [5.74, 6) is 1.66. The molecule has 0 amide bonds. The Morgan fingerprint density at radius 3 is 2.75 bits per heavy atom. The molecule has 6 nitrogen and oxygen atoms in total. The molecule has 1 aromatic heterocycles. The van der Waals surface area contributed by atoms with E-state index in [1.807, 2.05) is 42.5 Å². The molecule has 3 aromatic rings. The minimum atomic E-state index is 0.390. The van der Waals surface area contributed by atoms with Crippen molar-refractivity contribution in [3.05, 3.63) is 64.9 Å². The van der Waals surface area contributed by atoms with Crippen molar-refractivity contribution < 1.29 is 9.47 Å². The van der Waals surface area contributed by atoms with E-state index in [9.17, 15) is 0 Å². The minimum Gasteiger partial charge on any atom is -0.493 e. The van der Waals surface area contributed by atoms with Gasteiger partial charge >= 0.3 is 0 Å². The van der Waals surface area contributed by atoms with Crippen LogP contribution in [-0.2, 0) is 6.61 Å². The second-order valence-electron chi connectivity index (χ2n) is 4.86. The quantitative estimate of drug-likeness (QED) is 0.692. The van der Waals surface area contributed by atoms with E-state index in [1.165, 1.54) is 6.33 Å². The van der Waals surface area contributed by atoms with Crippen LogP contribution in [0.3, 0.4) is 0 Å². The molecule has 3 rings (SSSR count). The number of ether oxygens (including phenoxy) is 2. The molecule has 1 heterocycles. The molecule has 2 aromatic carbocycles. The SMILES string of the molecule is COc1cccc(/C=N/c2ncn[nH]2)c1OCc1ccc(Cl)cc1. The van der Waals surface area contributed by atoms with Crippen molar-refractivity contribution in [3.63, 3.8) is 0 Å². The van der Waals surface area contributed by atoms with Gasteiger partial charge in [0.15, 0.2) is 11.5 Å². The van der Waals surface area contributed by atoms with Gasteiger partial charge in [-0.05, 0) is 29.8 Å². The highest BCUT2D eigenvalue weighted by molar-refractivity contribution is 6.30. The van der Waals surface area contributed by atoms with Gasteiger partial charge in [0, 0.05) is 16.8 Å². The van der Waals surface area contributed by atoms with Gasteiger partial charge < -0.3 is 9.47 Å². The number of aliphatic imine (C=N–C) groups is 1. The van der Waals surface area contributed by atoms with Gasteiger partial charge in [-0.3, -0.25) is 0 Å². The molecule has 122 valence electrons. The van der Waals surface area contributed by atoms with E-state index < -0.39 is 0 Å². The number of nitrogens with zero attached hydrogens (tertiary/aromatic N) is 3. The first-order chi connectivity index (χ1) is 11.8. The summed E-state index contributed by atoms with van der Waals surface area (Å²) < 4.78 is 11.3. The van der Waals surface area contributed by atoms with E-state index in [-0.39, 0.29) is 0 Å². The predicted octanol–water partition coefficient (Wildman–Crippen LogP) is 3.80. The number of aromatic nitrogens is 3. The monoisotopic (exact) mass is 342 g/mol. The van der Waals surface area contributed by atoms with Crippen LogP contribution in [0.1, 0.15) is 11.1 Å². The second kappa shape index (κ2) is 7.61. The average Bonchev–Trinajstić information content (AvgIpc) is 3.13. The lowest BCUT2D eigenvalue weighted by Gasteiger charge is -2.13. The Bertz CT molecular complexity index is 817. The number of H-pyrrole nitrogens is 1. The first-order valence-electron chi connectivity index (χ1n) is 7.20. The van der Waals surface area contributed by atoms with Crippen LogP contribution in [0.25, 0.3) is 0 Å². The molecule has 0 aliphatic carbocycles. The average molecular weight is 343 g/mol. The third kappa shape index (κ3) is 3.91. The summed E-state index contributed by atoms with van der Waals surface area (Å²) in [7, 11) is 1.60. The summed E-state index contributed by atoms with van der Waals surface area (Å²) in [6.45, 7) is 0.390. The molecule has 1 N–H and O–H groups in total. The van der Waals surface area contributed by atoms with E-state index in [0.29, 0.717) is 29.1 Å². The summed E-state index contributed by atoms with van der Waals surface area (Å²) in [5.41, 5.74) is 1.78. The van der Waals surface area contributed by atoms with Crippen molar-refractivity contribution in [1.29, 1.82) is 0 Å². The molecule has 0 radical (unpaired) electrons. The number of nitrogens with one attached hydrogen (secondary N) is 1. The largest absolute Gasteiger partial charge is 0.493 e. The smallest absolute Gasteiger partial charge is 0.245 e. The van der Waals surface area contributed by atoms with Gasteiger partial charge in [-0.1, -0.05) is 29.8 Å². The third-order valence-corrected chi connectivity index (χ3v) is 3.51. The van der Waals surface area contributed by atoms with Crippen molar-refractivity contribution >= 4 is 23.8 Å². The number of rotatable bonds is 6. The Morgan fingerprint density at radius 2 is 2.04 bits per heavy atom. The lowest BCUT2D eigenvalue weighted by Crippen LogP contribution is -2.01. The summed E-state index contributed by atoms with van der Waals surface area (Å²) >= 11 is 5.90. The Kier molecular flexibility index (Phi) is 5.08. The van der Waals surface area contributed by atoms with Crippen molar-refractivity contribution in [2.75, 3.05) is 7.11 Å². The molecule has 0 saturated heterocycles. The second-order valence-corrected chi connectivity index (χ2v) is 5.30. The van der Waals surface area contributed by atoms with Crippen LogP contribution in [0, 0.1) is 0 Å². The van der Waals surface area contributed by atoms with Crippen LogP contribution < -0.4 is 9.47 Å². The molecule has 0 fully saturated rings. The maximum atomic E-state index is 5.95. The number of methoxy groups -OCH3 is 1. The number of aromatic amines is 1. The first kappa shape index (κ1) is 16.0. The van der Waals surface area contributed by atoms with Crippen molar-refractivity contribution in [3.8, 4) is 11.5 Å². The number of halogens is 1. The molecule has 24 heavy (non-hydrogen) atoms. The van der Waals surface area contributed by atoms with E-state index in [4.69, 9.17) is 21.1 Å². The molecule has 0 aliphatic rings. The van der Waals surface area contributed by atoms with Gasteiger partial charge in [0.05, 0.1) is 7.11 Å². The van der Waals surface area contributed by atoms with E-state index in [1.54, 1.807) is 13.3 Å². The van der Waals surface area contributed by atoms with Crippen LogP contribution in [0.5, 0.6) is 11.5 Å². The Labute approximate surface area is 144 Å². The van der Waals surface area contributed by atoms with Crippen LogP contribution in [-0.4, -0.2) is 28.5 Å². The Morgan fingerprint density at radius 1 is 1.21 bits per heavy atom. The van der Waals surface area contributed by atoms with Gasteiger partial charge in [0.1, 0.15) is 12.9 Å². The van der Waals surface area contributed by atoms with E-state index in [0.717, 1.165) is 11.1 Å². The minimum absolute atomic E-state index is 0.390. The lowest BCUT2D eigenvalue weighted by molar-refractivity contribution is 0.284. The van der Waals surface area contributed by atoms with Gasteiger partial charge in [-0.15, -0.1) is 0 Å². The van der Waals surface area contributed by atoms with Crippen LogP contribution in [0.2, 0.25) is 5.02 Å². The molecular weight excluding hydrogens is 328 g/mol. The van der Waals surface area contributed by atoms with Gasteiger partial charge in [-0.2, -0.15) is 10.1 Å². The number of para-hydroxylation sites is 1. The maximum Gasteiger partial charge on any atom is 0.245 e. The number of benzene rings is 2. The highest BCUT2D eigenvalue weighted by Gasteiger charge is 2.10. The zero-order valence-electron chi connectivity index (χ0n) is 12.9. The van der Waals surface area contributed by atoms with E-state index >= 15 is 0 Å². The molecular formula is C17H15ClN4O2. The van der Waals surface area contributed by atoms with Crippen LogP contribution in [0.15, 0.2) is 53.8 Å². The Balaban J connectivity index is 1.83. The third-order valence-electron chi connectivity index (χ3n) is 3.25. The summed E-state index contributed by atoms with van der Waals surface area (Å²) in [4.78, 5) is 8.19. The first-order valence-corrected chi connectivity index (χ1v) is 7.58. The van der Waals surface area contributed by atoms with Gasteiger partial charge in [0.25, 0.3) is 0 Å². The zero-order valence-corrected chi connectivity index (χ0v) is 13.7. The van der Waals surface area contributed by atoms with Gasteiger partial charge in [-0.25, -0.2) is 10.1 Å². The fourth-order valence-corrected chi connectivity index (χ4v) is 2.20.